The van der Waals surface area contributed by atoms with Gasteiger partial charge in [-0.15, -0.1) is 0 Å². The minimum atomic E-state index is -0.931. The van der Waals surface area contributed by atoms with Crippen molar-refractivity contribution >= 4 is 29.1 Å². The molecule has 1 aliphatic carbocycles. The van der Waals surface area contributed by atoms with Crippen molar-refractivity contribution in [2.75, 3.05) is 44.7 Å². The molecule has 0 spiro atoms. The van der Waals surface area contributed by atoms with Crippen molar-refractivity contribution in [1.29, 1.82) is 0 Å². The zero-order valence-corrected chi connectivity index (χ0v) is 15.2. The highest BCUT2D eigenvalue weighted by Crippen LogP contribution is 2.47. The molecule has 3 rings (SSSR count). The van der Waals surface area contributed by atoms with Gasteiger partial charge in [0.05, 0.1) is 13.2 Å². The van der Waals surface area contributed by atoms with Crippen LogP contribution in [0.2, 0.25) is 5.02 Å². The molecule has 2 fully saturated rings. The predicted molar refractivity (Wildman–Crippen MR) is 96.8 cm³/mol. The van der Waals surface area contributed by atoms with Crippen LogP contribution in [0.1, 0.15) is 18.4 Å². The number of carbonyl (C=O) groups excluding carboxylic acids is 2. The zero-order chi connectivity index (χ0) is 17.9. The molecular weight excluding hydrogens is 342 g/mol. The molecule has 1 aromatic rings. The van der Waals surface area contributed by atoms with Crippen molar-refractivity contribution < 1.29 is 14.3 Å². The molecule has 0 atom stereocenters. The Morgan fingerprint density at radius 1 is 1.24 bits per heavy atom. The number of nitrogens with one attached hydrogen (secondary N) is 2. The zero-order valence-electron chi connectivity index (χ0n) is 14.4. The highest BCUT2D eigenvalue weighted by atomic mass is 35.5. The van der Waals surface area contributed by atoms with E-state index in [0.29, 0.717) is 30.1 Å². The molecule has 0 radical (unpaired) electrons. The van der Waals surface area contributed by atoms with Crippen LogP contribution in [0.5, 0.6) is 0 Å². The smallest absolute Gasteiger partial charge is 0.240 e. The molecule has 25 heavy (non-hydrogen) atoms. The number of ether oxygens (including phenoxy) is 1. The van der Waals surface area contributed by atoms with E-state index in [1.54, 1.807) is 18.2 Å². The van der Waals surface area contributed by atoms with E-state index >= 15 is 0 Å². The van der Waals surface area contributed by atoms with Crippen LogP contribution in [-0.2, 0) is 14.3 Å². The van der Waals surface area contributed by atoms with Gasteiger partial charge in [-0.05, 0) is 37.5 Å². The Kier molecular flexibility index (Phi) is 5.61. The van der Waals surface area contributed by atoms with Crippen molar-refractivity contribution in [3.63, 3.8) is 0 Å². The summed E-state index contributed by atoms with van der Waals surface area (Å²) in [6, 6.07) is 5.36. The van der Waals surface area contributed by atoms with Crippen LogP contribution in [0.15, 0.2) is 18.2 Å². The van der Waals surface area contributed by atoms with Crippen molar-refractivity contribution in [1.82, 2.24) is 10.2 Å². The second-order valence-corrected chi connectivity index (χ2v) is 7.07. The fourth-order valence-electron chi connectivity index (χ4n) is 2.99. The average Bonchev–Trinajstić information content (AvgIpc) is 3.42. The summed E-state index contributed by atoms with van der Waals surface area (Å²) >= 11 is 6.09. The summed E-state index contributed by atoms with van der Waals surface area (Å²) in [5.74, 6) is -0.431. The van der Waals surface area contributed by atoms with Gasteiger partial charge in [0.1, 0.15) is 5.41 Å². The summed E-state index contributed by atoms with van der Waals surface area (Å²) in [6.07, 6.45) is 1.17. The molecule has 1 heterocycles. The topological polar surface area (TPSA) is 70.7 Å². The molecule has 2 N–H and O–H groups in total. The van der Waals surface area contributed by atoms with E-state index in [-0.39, 0.29) is 11.8 Å². The normalized spacial score (nSPS) is 19.3. The van der Waals surface area contributed by atoms with Gasteiger partial charge in [0.15, 0.2) is 0 Å². The molecule has 2 amide bonds. The minimum Gasteiger partial charge on any atom is -0.379 e. The first-order valence-corrected chi connectivity index (χ1v) is 9.06. The second-order valence-electron chi connectivity index (χ2n) is 6.66. The van der Waals surface area contributed by atoms with Gasteiger partial charge >= 0.3 is 0 Å². The minimum absolute atomic E-state index is 0.182. The third kappa shape index (κ3) is 4.14. The Hall–Kier alpha value is -1.63. The van der Waals surface area contributed by atoms with Gasteiger partial charge in [0, 0.05) is 36.9 Å². The molecule has 1 saturated heterocycles. The fraction of sp³-hybridized carbons (Fsp3) is 0.556. The number of nitrogens with zero attached hydrogens (tertiary/aromatic N) is 1. The molecule has 1 aromatic carbocycles. The lowest BCUT2D eigenvalue weighted by molar-refractivity contribution is -0.134. The van der Waals surface area contributed by atoms with E-state index < -0.39 is 5.41 Å². The Bertz CT molecular complexity index is 655. The van der Waals surface area contributed by atoms with Gasteiger partial charge in [0.2, 0.25) is 11.8 Å². The Morgan fingerprint density at radius 2 is 1.96 bits per heavy atom. The van der Waals surface area contributed by atoms with Gasteiger partial charge in [0.25, 0.3) is 0 Å². The number of anilines is 1. The Morgan fingerprint density at radius 3 is 2.64 bits per heavy atom. The average molecular weight is 366 g/mol. The van der Waals surface area contributed by atoms with Crippen molar-refractivity contribution in [3.8, 4) is 0 Å². The molecule has 0 bridgehead atoms. The van der Waals surface area contributed by atoms with Gasteiger partial charge in [-0.1, -0.05) is 17.7 Å². The van der Waals surface area contributed by atoms with Crippen LogP contribution < -0.4 is 10.6 Å². The first-order chi connectivity index (χ1) is 12.0. The predicted octanol–water partition coefficient (Wildman–Crippen LogP) is 1.82. The quantitative estimate of drug-likeness (QED) is 0.754. The third-order valence-electron chi connectivity index (χ3n) is 4.95. The number of benzene rings is 1. The maximum Gasteiger partial charge on any atom is 0.240 e. The number of amides is 2. The van der Waals surface area contributed by atoms with Crippen LogP contribution in [0.25, 0.3) is 0 Å². The summed E-state index contributed by atoms with van der Waals surface area (Å²) in [5, 5.41) is 6.38. The van der Waals surface area contributed by atoms with Crippen molar-refractivity contribution in [3.05, 3.63) is 28.8 Å². The highest BCUT2D eigenvalue weighted by Gasteiger charge is 2.56. The number of hydrogen-bond donors (Lipinski definition) is 2. The first-order valence-electron chi connectivity index (χ1n) is 8.68. The van der Waals surface area contributed by atoms with Crippen LogP contribution in [0.3, 0.4) is 0 Å². The SMILES string of the molecule is Cc1c(Cl)cccc1NC(=O)C1(C(=O)NCCN2CCOCC2)CC1. The van der Waals surface area contributed by atoms with E-state index in [0.717, 1.165) is 38.4 Å². The summed E-state index contributed by atoms with van der Waals surface area (Å²) < 4.78 is 5.31. The molecule has 0 unspecified atom stereocenters. The largest absolute Gasteiger partial charge is 0.379 e. The molecule has 1 saturated carbocycles. The maximum atomic E-state index is 12.6. The van der Waals surface area contributed by atoms with Crippen LogP contribution in [0, 0.1) is 12.3 Å². The van der Waals surface area contributed by atoms with Gasteiger partial charge < -0.3 is 15.4 Å². The maximum absolute atomic E-state index is 12.6. The van der Waals surface area contributed by atoms with E-state index in [2.05, 4.69) is 15.5 Å². The van der Waals surface area contributed by atoms with Gasteiger partial charge in [-0.25, -0.2) is 0 Å². The Balaban J connectivity index is 1.52. The summed E-state index contributed by atoms with van der Waals surface area (Å²) in [7, 11) is 0. The molecule has 2 aliphatic rings. The number of hydrogen-bond acceptors (Lipinski definition) is 4. The highest BCUT2D eigenvalue weighted by molar-refractivity contribution is 6.31. The summed E-state index contributed by atoms with van der Waals surface area (Å²) in [5.41, 5.74) is 0.533. The lowest BCUT2D eigenvalue weighted by Gasteiger charge is -2.26. The molecule has 0 aromatic heterocycles. The lowest BCUT2D eigenvalue weighted by Crippen LogP contribution is -2.45. The standard InChI is InChI=1S/C18H24ClN3O3/c1-13-14(19)3-2-4-15(13)21-17(24)18(5-6-18)16(23)20-7-8-22-9-11-25-12-10-22/h2-4H,5-12H2,1H3,(H,20,23)(H,21,24). The lowest BCUT2D eigenvalue weighted by atomic mass is 10.0. The number of halogens is 1. The van der Waals surface area contributed by atoms with E-state index in [1.807, 2.05) is 6.92 Å². The van der Waals surface area contributed by atoms with Gasteiger partial charge in [-0.3, -0.25) is 14.5 Å². The number of morpholine rings is 1. The van der Waals surface area contributed by atoms with E-state index in [1.165, 1.54) is 0 Å². The summed E-state index contributed by atoms with van der Waals surface area (Å²) in [6.45, 7) is 6.41. The molecule has 7 heteroatoms. The van der Waals surface area contributed by atoms with E-state index in [4.69, 9.17) is 16.3 Å². The fourth-order valence-corrected chi connectivity index (χ4v) is 3.16. The number of rotatable bonds is 6. The molecule has 136 valence electrons. The summed E-state index contributed by atoms with van der Waals surface area (Å²) in [4.78, 5) is 27.4. The van der Waals surface area contributed by atoms with Gasteiger partial charge in [-0.2, -0.15) is 0 Å². The second kappa shape index (κ2) is 7.72. The van der Waals surface area contributed by atoms with Crippen molar-refractivity contribution in [2.45, 2.75) is 19.8 Å². The Labute approximate surface area is 152 Å². The van der Waals surface area contributed by atoms with Crippen LogP contribution >= 0.6 is 11.6 Å². The number of carbonyl (C=O) groups is 2. The first kappa shape index (κ1) is 18.2. The molecular formula is C18H24ClN3O3. The molecule has 1 aliphatic heterocycles. The van der Waals surface area contributed by atoms with Crippen molar-refractivity contribution in [2.24, 2.45) is 5.41 Å². The third-order valence-corrected chi connectivity index (χ3v) is 5.36. The monoisotopic (exact) mass is 365 g/mol. The van der Waals surface area contributed by atoms with E-state index in [9.17, 15) is 9.59 Å². The van der Waals surface area contributed by atoms with Crippen LogP contribution in [-0.4, -0.2) is 56.1 Å². The van der Waals surface area contributed by atoms with Crippen LogP contribution in [0.4, 0.5) is 5.69 Å². The molecule has 6 nitrogen and oxygen atoms in total.